The third kappa shape index (κ3) is 3.62. The monoisotopic (exact) mass is 366 g/mol. The van der Waals surface area contributed by atoms with Crippen LogP contribution in [0.3, 0.4) is 0 Å². The predicted molar refractivity (Wildman–Crippen MR) is 99.7 cm³/mol. The number of ether oxygens (including phenoxy) is 1. The first-order valence-corrected chi connectivity index (χ1v) is 8.71. The summed E-state index contributed by atoms with van der Waals surface area (Å²) >= 11 is 0. The Morgan fingerprint density at radius 3 is 2.96 bits per heavy atom. The zero-order valence-corrected chi connectivity index (χ0v) is 14.8. The molecule has 1 aromatic heterocycles. The number of benzene rings is 2. The number of aromatic nitrogens is 2. The van der Waals surface area contributed by atoms with Crippen LogP contribution in [0, 0.1) is 12.7 Å². The molecule has 0 aliphatic carbocycles. The molecular formula is C20H19FN4O2. The molecule has 2 amide bonds. The van der Waals surface area contributed by atoms with Crippen LogP contribution in [-0.4, -0.2) is 22.4 Å². The van der Waals surface area contributed by atoms with Crippen molar-refractivity contribution in [1.82, 2.24) is 15.1 Å². The van der Waals surface area contributed by atoms with Crippen molar-refractivity contribution >= 4 is 11.8 Å². The van der Waals surface area contributed by atoms with Gasteiger partial charge in [-0.2, -0.15) is 0 Å². The molecule has 0 spiro atoms. The molecule has 1 atom stereocenters. The van der Waals surface area contributed by atoms with Crippen LogP contribution >= 0.6 is 0 Å². The Labute approximate surface area is 156 Å². The molecule has 0 bridgehead atoms. The lowest BCUT2D eigenvalue weighted by Crippen LogP contribution is -2.35. The van der Waals surface area contributed by atoms with Crippen LogP contribution in [-0.2, 0) is 0 Å². The molecule has 3 aromatic rings. The summed E-state index contributed by atoms with van der Waals surface area (Å²) in [6.07, 6.45) is 2.36. The van der Waals surface area contributed by atoms with Crippen LogP contribution in [0.5, 0.6) is 5.75 Å². The van der Waals surface area contributed by atoms with Crippen molar-refractivity contribution in [2.75, 3.05) is 11.9 Å². The number of para-hydroxylation sites is 1. The van der Waals surface area contributed by atoms with Crippen molar-refractivity contribution < 1.29 is 13.9 Å². The van der Waals surface area contributed by atoms with Crippen LogP contribution in [0.2, 0.25) is 0 Å². The maximum atomic E-state index is 13.3. The van der Waals surface area contributed by atoms with Gasteiger partial charge in [-0.05, 0) is 30.7 Å². The summed E-state index contributed by atoms with van der Waals surface area (Å²) in [5.74, 6) is 0.876. The standard InChI is InChI=1S/C20H19FN4O2/c1-13-4-2-7-16-17(9-11-27-19(13)16)22-20(26)23-18-8-10-25(24-18)15-6-3-5-14(21)12-15/h2-8,10,12,17H,9,11H2,1H3,(H2,22,23,24,26)/t17-/m0/s1. The van der Waals surface area contributed by atoms with Crippen LogP contribution in [0.15, 0.2) is 54.7 Å². The molecule has 0 saturated heterocycles. The molecule has 1 aliphatic rings. The van der Waals surface area contributed by atoms with E-state index in [1.54, 1.807) is 24.4 Å². The van der Waals surface area contributed by atoms with Crippen LogP contribution in [0.25, 0.3) is 5.69 Å². The van der Waals surface area contributed by atoms with E-state index >= 15 is 0 Å². The largest absolute Gasteiger partial charge is 0.493 e. The number of hydrogen-bond donors (Lipinski definition) is 2. The predicted octanol–water partition coefficient (Wildman–Crippen LogP) is 3.97. The van der Waals surface area contributed by atoms with E-state index in [1.165, 1.54) is 16.8 Å². The fraction of sp³-hybridized carbons (Fsp3) is 0.200. The quantitative estimate of drug-likeness (QED) is 0.737. The van der Waals surface area contributed by atoms with Crippen molar-refractivity contribution in [1.29, 1.82) is 0 Å². The number of fused-ring (bicyclic) bond motifs is 1. The zero-order valence-electron chi connectivity index (χ0n) is 14.8. The highest BCUT2D eigenvalue weighted by Gasteiger charge is 2.24. The number of carbonyl (C=O) groups is 1. The molecule has 7 heteroatoms. The van der Waals surface area contributed by atoms with E-state index < -0.39 is 0 Å². The molecule has 4 rings (SSSR count). The van der Waals surface area contributed by atoms with Gasteiger partial charge in [-0.15, -0.1) is 5.10 Å². The van der Waals surface area contributed by atoms with Gasteiger partial charge in [0.1, 0.15) is 11.6 Å². The first-order valence-electron chi connectivity index (χ1n) is 8.71. The third-order valence-corrected chi connectivity index (χ3v) is 4.48. The van der Waals surface area contributed by atoms with E-state index in [2.05, 4.69) is 15.7 Å². The van der Waals surface area contributed by atoms with Crippen LogP contribution < -0.4 is 15.4 Å². The second-order valence-corrected chi connectivity index (χ2v) is 6.41. The van der Waals surface area contributed by atoms with Crippen molar-refractivity contribution in [3.63, 3.8) is 0 Å². The van der Waals surface area contributed by atoms with Gasteiger partial charge in [0.05, 0.1) is 18.3 Å². The van der Waals surface area contributed by atoms with Crippen molar-refractivity contribution in [3.8, 4) is 11.4 Å². The first-order chi connectivity index (χ1) is 13.1. The lowest BCUT2D eigenvalue weighted by atomic mass is 9.98. The molecular weight excluding hydrogens is 347 g/mol. The molecule has 2 heterocycles. The van der Waals surface area contributed by atoms with Gasteiger partial charge in [0, 0.05) is 24.2 Å². The summed E-state index contributed by atoms with van der Waals surface area (Å²) in [6.45, 7) is 2.54. The fourth-order valence-corrected chi connectivity index (χ4v) is 3.19. The molecule has 2 aromatic carbocycles. The van der Waals surface area contributed by atoms with Gasteiger partial charge >= 0.3 is 6.03 Å². The van der Waals surface area contributed by atoms with E-state index in [1.807, 2.05) is 25.1 Å². The van der Waals surface area contributed by atoms with Crippen LogP contribution in [0.1, 0.15) is 23.6 Å². The van der Waals surface area contributed by atoms with Gasteiger partial charge in [-0.1, -0.05) is 24.3 Å². The first kappa shape index (κ1) is 17.1. The summed E-state index contributed by atoms with van der Waals surface area (Å²) in [5.41, 5.74) is 2.60. The second kappa shape index (κ2) is 7.11. The van der Waals surface area contributed by atoms with E-state index in [4.69, 9.17) is 4.74 Å². The molecule has 1 aliphatic heterocycles. The number of halogens is 1. The molecule has 138 valence electrons. The SMILES string of the molecule is Cc1cccc2c1OCC[C@@H]2NC(=O)Nc1ccn(-c2cccc(F)c2)n1. The smallest absolute Gasteiger partial charge is 0.320 e. The summed E-state index contributed by atoms with van der Waals surface area (Å²) in [5, 5.41) is 9.96. The number of aryl methyl sites for hydroxylation is 1. The number of nitrogens with zero attached hydrogens (tertiary/aromatic N) is 2. The topological polar surface area (TPSA) is 68.2 Å². The Bertz CT molecular complexity index is 986. The minimum Gasteiger partial charge on any atom is -0.493 e. The number of amides is 2. The van der Waals surface area contributed by atoms with Gasteiger partial charge in [-0.25, -0.2) is 13.9 Å². The van der Waals surface area contributed by atoms with E-state index in [0.717, 1.165) is 16.9 Å². The number of nitrogens with one attached hydrogen (secondary N) is 2. The Balaban J connectivity index is 1.45. The number of urea groups is 1. The minimum absolute atomic E-state index is 0.126. The van der Waals surface area contributed by atoms with E-state index in [0.29, 0.717) is 24.5 Å². The third-order valence-electron chi connectivity index (χ3n) is 4.48. The van der Waals surface area contributed by atoms with Crippen molar-refractivity contribution in [2.24, 2.45) is 0 Å². The Morgan fingerprint density at radius 1 is 1.26 bits per heavy atom. The summed E-state index contributed by atoms with van der Waals surface area (Å²) in [4.78, 5) is 12.4. The van der Waals surface area contributed by atoms with Crippen LogP contribution in [0.4, 0.5) is 15.0 Å². The summed E-state index contributed by atoms with van der Waals surface area (Å²) < 4.78 is 20.6. The van der Waals surface area contributed by atoms with Gasteiger partial charge < -0.3 is 10.1 Å². The average Bonchev–Trinajstić information content (AvgIpc) is 3.11. The lowest BCUT2D eigenvalue weighted by Gasteiger charge is -2.27. The fourth-order valence-electron chi connectivity index (χ4n) is 3.19. The minimum atomic E-state index is -0.348. The maximum Gasteiger partial charge on any atom is 0.320 e. The molecule has 0 fully saturated rings. The average molecular weight is 366 g/mol. The molecule has 2 N–H and O–H groups in total. The van der Waals surface area contributed by atoms with Gasteiger partial charge in [0.2, 0.25) is 0 Å². The highest BCUT2D eigenvalue weighted by molar-refractivity contribution is 5.88. The van der Waals surface area contributed by atoms with Crippen molar-refractivity contribution in [2.45, 2.75) is 19.4 Å². The highest BCUT2D eigenvalue weighted by Crippen LogP contribution is 2.34. The molecule has 0 unspecified atom stereocenters. The Kier molecular flexibility index (Phi) is 4.50. The normalized spacial score (nSPS) is 15.6. The number of anilines is 1. The second-order valence-electron chi connectivity index (χ2n) is 6.41. The number of hydrogen-bond acceptors (Lipinski definition) is 3. The summed E-state index contributed by atoms with van der Waals surface area (Å²) in [6, 6.07) is 13.2. The zero-order chi connectivity index (χ0) is 18.8. The van der Waals surface area contributed by atoms with E-state index in [9.17, 15) is 9.18 Å². The highest BCUT2D eigenvalue weighted by atomic mass is 19.1. The van der Waals surface area contributed by atoms with Gasteiger partial charge in [0.15, 0.2) is 5.82 Å². The molecule has 0 saturated carbocycles. The number of rotatable bonds is 3. The molecule has 0 radical (unpaired) electrons. The lowest BCUT2D eigenvalue weighted by molar-refractivity contribution is 0.231. The van der Waals surface area contributed by atoms with Crippen molar-refractivity contribution in [3.05, 3.63) is 71.7 Å². The summed E-state index contributed by atoms with van der Waals surface area (Å²) in [7, 11) is 0. The van der Waals surface area contributed by atoms with E-state index in [-0.39, 0.29) is 17.9 Å². The van der Waals surface area contributed by atoms with Gasteiger partial charge in [0.25, 0.3) is 0 Å². The Morgan fingerprint density at radius 2 is 2.11 bits per heavy atom. The van der Waals surface area contributed by atoms with Gasteiger partial charge in [-0.3, -0.25) is 5.32 Å². The molecule has 6 nitrogen and oxygen atoms in total. The Hall–Kier alpha value is -3.35. The number of carbonyl (C=O) groups excluding carboxylic acids is 1. The molecule has 27 heavy (non-hydrogen) atoms. The maximum absolute atomic E-state index is 13.3.